The van der Waals surface area contributed by atoms with E-state index in [0.29, 0.717) is 4.47 Å². The number of nitrogens with one attached hydrogen (secondary N) is 2. The number of aromatic amines is 1. The zero-order chi connectivity index (χ0) is 13.0. The molecule has 0 aromatic carbocycles. The van der Waals surface area contributed by atoms with Crippen LogP contribution >= 0.6 is 15.9 Å². The van der Waals surface area contributed by atoms with Gasteiger partial charge in [0.2, 0.25) is 0 Å². The van der Waals surface area contributed by atoms with Crippen LogP contribution < -0.4 is 10.9 Å². The summed E-state index contributed by atoms with van der Waals surface area (Å²) in [5.41, 5.74) is 0.573. The molecule has 2 aromatic rings. The number of rotatable bonds is 5. The lowest BCUT2D eigenvalue weighted by Gasteiger charge is -2.07. The van der Waals surface area contributed by atoms with Gasteiger partial charge >= 0.3 is 0 Å². The summed E-state index contributed by atoms with van der Waals surface area (Å²) in [6.07, 6.45) is 6.98. The molecule has 0 fully saturated rings. The van der Waals surface area contributed by atoms with Crippen molar-refractivity contribution in [1.29, 1.82) is 0 Å². The van der Waals surface area contributed by atoms with Gasteiger partial charge in [-0.15, -0.1) is 0 Å². The minimum atomic E-state index is -0.147. The van der Waals surface area contributed by atoms with Gasteiger partial charge in [-0.05, 0) is 22.4 Å². The van der Waals surface area contributed by atoms with E-state index in [1.165, 1.54) is 4.68 Å². The second-order valence-corrected chi connectivity index (χ2v) is 4.66. The summed E-state index contributed by atoms with van der Waals surface area (Å²) in [6.45, 7) is 0.758. The number of H-pyrrole nitrogens is 1. The number of nitrogens with zero attached hydrogens (tertiary/aromatic N) is 3. The smallest absolute Gasteiger partial charge is 0.282 e. The normalized spacial score (nSPS) is 10.6. The standard InChI is InChI=1S/C11H14BrN5O/c1-17-11(18)10(12)8(7-16-17)13-4-2-3-9-14-5-6-15-9/h5-7,13H,2-4H2,1H3,(H,14,15). The van der Waals surface area contributed by atoms with Crippen molar-refractivity contribution in [2.45, 2.75) is 12.8 Å². The van der Waals surface area contributed by atoms with Crippen LogP contribution in [-0.2, 0) is 13.5 Å². The Morgan fingerprint density at radius 3 is 3.11 bits per heavy atom. The van der Waals surface area contributed by atoms with Crippen LogP contribution in [0.2, 0.25) is 0 Å². The van der Waals surface area contributed by atoms with Crippen LogP contribution in [0.3, 0.4) is 0 Å². The van der Waals surface area contributed by atoms with Crippen molar-refractivity contribution < 1.29 is 0 Å². The monoisotopic (exact) mass is 311 g/mol. The summed E-state index contributed by atoms with van der Waals surface area (Å²) in [5, 5.41) is 7.14. The van der Waals surface area contributed by atoms with Gasteiger partial charge in [-0.1, -0.05) is 0 Å². The molecule has 2 rings (SSSR count). The molecule has 0 unspecified atom stereocenters. The summed E-state index contributed by atoms with van der Waals surface area (Å²) in [7, 11) is 1.62. The predicted octanol–water partition coefficient (Wildman–Crippen LogP) is 1.31. The number of hydrogen-bond donors (Lipinski definition) is 2. The van der Waals surface area contributed by atoms with Crippen LogP contribution in [0.1, 0.15) is 12.2 Å². The van der Waals surface area contributed by atoms with E-state index in [1.54, 1.807) is 19.4 Å². The minimum Gasteiger partial charge on any atom is -0.383 e. The van der Waals surface area contributed by atoms with Crippen molar-refractivity contribution >= 4 is 21.6 Å². The third-order valence-electron chi connectivity index (χ3n) is 2.54. The van der Waals surface area contributed by atoms with Crippen molar-refractivity contribution in [1.82, 2.24) is 19.7 Å². The van der Waals surface area contributed by atoms with E-state index in [2.05, 4.69) is 36.3 Å². The van der Waals surface area contributed by atoms with Gasteiger partial charge in [0.1, 0.15) is 10.3 Å². The van der Waals surface area contributed by atoms with E-state index >= 15 is 0 Å². The number of aryl methyl sites for hydroxylation is 2. The van der Waals surface area contributed by atoms with Gasteiger partial charge in [-0.3, -0.25) is 4.79 Å². The molecule has 2 heterocycles. The lowest BCUT2D eigenvalue weighted by Crippen LogP contribution is -2.21. The van der Waals surface area contributed by atoms with Gasteiger partial charge in [0.05, 0.1) is 11.9 Å². The molecule has 0 aliphatic carbocycles. The van der Waals surface area contributed by atoms with E-state index in [0.717, 1.165) is 30.9 Å². The topological polar surface area (TPSA) is 75.6 Å². The van der Waals surface area contributed by atoms with Crippen LogP contribution in [0.4, 0.5) is 5.69 Å². The molecule has 6 nitrogen and oxygen atoms in total. The Morgan fingerprint density at radius 2 is 2.39 bits per heavy atom. The van der Waals surface area contributed by atoms with Crippen molar-refractivity contribution in [2.75, 3.05) is 11.9 Å². The molecule has 2 aromatic heterocycles. The highest BCUT2D eigenvalue weighted by molar-refractivity contribution is 9.10. The fraction of sp³-hybridized carbons (Fsp3) is 0.364. The first-order valence-electron chi connectivity index (χ1n) is 5.62. The van der Waals surface area contributed by atoms with Crippen LogP contribution in [0.25, 0.3) is 0 Å². The van der Waals surface area contributed by atoms with Gasteiger partial charge < -0.3 is 10.3 Å². The maximum absolute atomic E-state index is 11.6. The largest absolute Gasteiger partial charge is 0.383 e. The second-order valence-electron chi connectivity index (χ2n) is 3.87. The van der Waals surface area contributed by atoms with E-state index in [4.69, 9.17) is 0 Å². The zero-order valence-electron chi connectivity index (χ0n) is 9.98. The first kappa shape index (κ1) is 12.8. The average molecular weight is 312 g/mol. The molecule has 0 aliphatic rings. The van der Waals surface area contributed by atoms with Gasteiger partial charge in [-0.2, -0.15) is 5.10 Å². The Kier molecular flexibility index (Phi) is 4.14. The van der Waals surface area contributed by atoms with E-state index in [1.807, 2.05) is 6.20 Å². The Labute approximate surface area is 113 Å². The number of anilines is 1. The van der Waals surface area contributed by atoms with Crippen LogP contribution in [0.5, 0.6) is 0 Å². The summed E-state index contributed by atoms with van der Waals surface area (Å²) in [5.74, 6) is 0.970. The lowest BCUT2D eigenvalue weighted by atomic mass is 10.3. The molecule has 2 N–H and O–H groups in total. The van der Waals surface area contributed by atoms with Crippen molar-refractivity contribution in [3.63, 3.8) is 0 Å². The van der Waals surface area contributed by atoms with Crippen LogP contribution in [0.15, 0.2) is 27.9 Å². The SMILES string of the molecule is Cn1ncc(NCCCc2ncc[nH]2)c(Br)c1=O. The summed E-state index contributed by atoms with van der Waals surface area (Å²) >= 11 is 3.27. The fourth-order valence-corrected chi connectivity index (χ4v) is 2.05. The summed E-state index contributed by atoms with van der Waals surface area (Å²) in [6, 6.07) is 0. The van der Waals surface area contributed by atoms with Gasteiger partial charge in [0, 0.05) is 32.4 Å². The maximum Gasteiger partial charge on any atom is 0.282 e. The summed E-state index contributed by atoms with van der Waals surface area (Å²) < 4.78 is 1.80. The Hall–Kier alpha value is -1.63. The van der Waals surface area contributed by atoms with Gasteiger partial charge in [0.15, 0.2) is 0 Å². The molecule has 0 aliphatic heterocycles. The van der Waals surface area contributed by atoms with Crippen LogP contribution in [0, 0.1) is 0 Å². The van der Waals surface area contributed by atoms with E-state index in [-0.39, 0.29) is 5.56 Å². The minimum absolute atomic E-state index is 0.147. The third-order valence-corrected chi connectivity index (χ3v) is 3.31. The number of hydrogen-bond acceptors (Lipinski definition) is 4. The Bertz CT molecular complexity index is 563. The number of imidazole rings is 1. The van der Waals surface area contributed by atoms with Crippen molar-refractivity contribution in [2.24, 2.45) is 7.05 Å². The van der Waals surface area contributed by atoms with Gasteiger partial charge in [-0.25, -0.2) is 9.67 Å². The molecule has 0 atom stereocenters. The van der Waals surface area contributed by atoms with E-state index < -0.39 is 0 Å². The highest BCUT2D eigenvalue weighted by Gasteiger charge is 2.05. The number of halogens is 1. The first-order chi connectivity index (χ1) is 8.68. The van der Waals surface area contributed by atoms with Crippen molar-refractivity contribution in [3.05, 3.63) is 39.2 Å². The third kappa shape index (κ3) is 2.98. The molecule has 18 heavy (non-hydrogen) atoms. The maximum atomic E-state index is 11.6. The highest BCUT2D eigenvalue weighted by Crippen LogP contribution is 2.15. The van der Waals surface area contributed by atoms with Gasteiger partial charge in [0.25, 0.3) is 5.56 Å². The highest BCUT2D eigenvalue weighted by atomic mass is 79.9. The summed E-state index contributed by atoms with van der Waals surface area (Å²) in [4.78, 5) is 18.8. The Morgan fingerprint density at radius 1 is 1.56 bits per heavy atom. The fourth-order valence-electron chi connectivity index (χ4n) is 1.55. The van der Waals surface area contributed by atoms with E-state index in [9.17, 15) is 4.79 Å². The zero-order valence-corrected chi connectivity index (χ0v) is 11.6. The molecule has 0 bridgehead atoms. The number of aromatic nitrogens is 4. The lowest BCUT2D eigenvalue weighted by molar-refractivity contribution is 0.702. The molecule has 0 radical (unpaired) electrons. The molecule has 96 valence electrons. The second kappa shape index (κ2) is 5.81. The molecular weight excluding hydrogens is 298 g/mol. The molecule has 0 amide bonds. The quantitative estimate of drug-likeness (QED) is 0.816. The molecule has 7 heteroatoms. The van der Waals surface area contributed by atoms with Crippen LogP contribution in [-0.4, -0.2) is 26.3 Å². The Balaban J connectivity index is 1.87. The average Bonchev–Trinajstić information content (AvgIpc) is 2.87. The first-order valence-corrected chi connectivity index (χ1v) is 6.41. The molecule has 0 saturated carbocycles. The molecular formula is C11H14BrN5O. The molecule has 0 spiro atoms. The predicted molar refractivity (Wildman–Crippen MR) is 72.6 cm³/mol. The van der Waals surface area contributed by atoms with Crippen molar-refractivity contribution in [3.8, 4) is 0 Å². The molecule has 0 saturated heterocycles.